The molecule has 3 amide bonds. The Balaban J connectivity index is 1.42. The Labute approximate surface area is 193 Å². The van der Waals surface area contributed by atoms with Gasteiger partial charge in [0, 0.05) is 42.3 Å². The molecule has 0 aliphatic carbocycles. The van der Waals surface area contributed by atoms with Crippen molar-refractivity contribution in [2.75, 3.05) is 5.32 Å². The highest BCUT2D eigenvalue weighted by atomic mass is 16.5. The molecule has 1 heterocycles. The van der Waals surface area contributed by atoms with Gasteiger partial charge in [0.15, 0.2) is 0 Å². The van der Waals surface area contributed by atoms with Gasteiger partial charge in [0.2, 0.25) is 5.91 Å². The lowest BCUT2D eigenvalue weighted by Gasteiger charge is -2.10. The van der Waals surface area contributed by atoms with Gasteiger partial charge in [-0.25, -0.2) is 4.79 Å². The number of benzene rings is 2. The molecule has 0 fully saturated rings. The fourth-order valence-electron chi connectivity index (χ4n) is 2.88. The average Bonchev–Trinajstić information content (AvgIpc) is 2.82. The average molecular weight is 445 g/mol. The maximum Gasteiger partial charge on any atom is 0.319 e. The number of nitrogens with zero attached hydrogens (tertiary/aromatic N) is 1. The number of carbonyl (C=O) groups is 2. The zero-order chi connectivity index (χ0) is 23.5. The number of urea groups is 1. The van der Waals surface area contributed by atoms with Crippen LogP contribution in [0.3, 0.4) is 0 Å². The van der Waals surface area contributed by atoms with Crippen molar-refractivity contribution < 1.29 is 14.3 Å². The monoisotopic (exact) mass is 444 g/mol. The molecule has 0 saturated heterocycles. The van der Waals surface area contributed by atoms with E-state index in [0.29, 0.717) is 18.8 Å². The van der Waals surface area contributed by atoms with E-state index in [-0.39, 0.29) is 18.0 Å². The highest BCUT2D eigenvalue weighted by molar-refractivity contribution is 5.91. The smallest absolute Gasteiger partial charge is 0.319 e. The predicted octanol–water partition coefficient (Wildman–Crippen LogP) is 4.52. The van der Waals surface area contributed by atoms with Gasteiger partial charge >= 0.3 is 6.03 Å². The molecule has 33 heavy (non-hydrogen) atoms. The molecule has 0 atom stereocenters. The Morgan fingerprint density at radius 1 is 1.00 bits per heavy atom. The van der Waals surface area contributed by atoms with E-state index in [2.05, 4.69) is 20.9 Å². The van der Waals surface area contributed by atoms with Gasteiger partial charge in [-0.05, 0) is 61.4 Å². The number of nitrogens with one attached hydrogen (secondary N) is 3. The van der Waals surface area contributed by atoms with Crippen molar-refractivity contribution in [2.45, 2.75) is 33.0 Å². The molecule has 7 heteroatoms. The van der Waals surface area contributed by atoms with Gasteiger partial charge in [-0.1, -0.05) is 30.3 Å². The summed E-state index contributed by atoms with van der Waals surface area (Å²) in [4.78, 5) is 27.9. The van der Waals surface area contributed by atoms with Gasteiger partial charge in [-0.15, -0.1) is 0 Å². The van der Waals surface area contributed by atoms with E-state index in [1.165, 1.54) is 6.08 Å². The van der Waals surface area contributed by atoms with Gasteiger partial charge in [0.05, 0.1) is 0 Å². The predicted molar refractivity (Wildman–Crippen MR) is 130 cm³/mol. The zero-order valence-corrected chi connectivity index (χ0v) is 18.7. The Kier molecular flexibility index (Phi) is 8.59. The maximum atomic E-state index is 12.1. The molecule has 0 unspecified atom stereocenters. The summed E-state index contributed by atoms with van der Waals surface area (Å²) in [6.07, 6.45) is 6.75. The fraction of sp³-hybridized carbons (Fsp3) is 0.192. The number of aromatic nitrogens is 1. The van der Waals surface area contributed by atoms with Crippen LogP contribution >= 0.6 is 0 Å². The highest BCUT2D eigenvalue weighted by Gasteiger charge is 2.04. The summed E-state index contributed by atoms with van der Waals surface area (Å²) in [5, 5.41) is 8.38. The number of hydrogen-bond donors (Lipinski definition) is 3. The minimum absolute atomic E-state index is 0.0659. The first-order valence-corrected chi connectivity index (χ1v) is 10.7. The lowest BCUT2D eigenvalue weighted by Crippen LogP contribution is -2.34. The summed E-state index contributed by atoms with van der Waals surface area (Å²) >= 11 is 0. The van der Waals surface area contributed by atoms with Crippen molar-refractivity contribution in [3.63, 3.8) is 0 Å². The first kappa shape index (κ1) is 23.5. The van der Waals surface area contributed by atoms with Gasteiger partial charge < -0.3 is 20.7 Å². The number of carbonyl (C=O) groups excluding carboxylic acids is 2. The second-order valence-corrected chi connectivity index (χ2v) is 7.72. The second kappa shape index (κ2) is 12.0. The second-order valence-electron chi connectivity index (χ2n) is 7.72. The number of pyridine rings is 1. The number of hydrogen-bond acceptors (Lipinski definition) is 4. The molecule has 0 spiro atoms. The van der Waals surface area contributed by atoms with Gasteiger partial charge in [-0.2, -0.15) is 0 Å². The lowest BCUT2D eigenvalue weighted by molar-refractivity contribution is -0.116. The van der Waals surface area contributed by atoms with Crippen LogP contribution in [0.2, 0.25) is 0 Å². The Morgan fingerprint density at radius 3 is 2.42 bits per heavy atom. The van der Waals surface area contributed by atoms with Gasteiger partial charge in [0.1, 0.15) is 12.4 Å². The van der Waals surface area contributed by atoms with Gasteiger partial charge in [-0.3, -0.25) is 9.78 Å². The summed E-state index contributed by atoms with van der Waals surface area (Å²) in [5.41, 5.74) is 3.52. The SMILES string of the molecule is CC(C)NC(=O)Nc1ccc(CNC(=O)/C=C/c2ccc(OCc3cccnc3)cc2)cc1. The molecule has 1 aromatic heterocycles. The van der Waals surface area contributed by atoms with Crippen LogP contribution in [0.15, 0.2) is 79.1 Å². The van der Waals surface area contributed by atoms with Crippen molar-refractivity contribution in [3.8, 4) is 5.75 Å². The minimum atomic E-state index is -0.246. The first-order valence-electron chi connectivity index (χ1n) is 10.7. The van der Waals surface area contributed by atoms with Crippen LogP contribution in [0.25, 0.3) is 6.08 Å². The normalized spacial score (nSPS) is 10.8. The first-order chi connectivity index (χ1) is 16.0. The van der Waals surface area contributed by atoms with Gasteiger partial charge in [0.25, 0.3) is 0 Å². The quantitative estimate of drug-likeness (QED) is 0.423. The van der Waals surface area contributed by atoms with E-state index in [9.17, 15) is 9.59 Å². The largest absolute Gasteiger partial charge is 0.489 e. The van der Waals surface area contributed by atoms with Crippen LogP contribution in [0.5, 0.6) is 5.75 Å². The number of ether oxygens (including phenoxy) is 1. The molecule has 3 N–H and O–H groups in total. The lowest BCUT2D eigenvalue weighted by atomic mass is 10.2. The summed E-state index contributed by atoms with van der Waals surface area (Å²) in [7, 11) is 0. The summed E-state index contributed by atoms with van der Waals surface area (Å²) in [6, 6.07) is 18.5. The van der Waals surface area contributed by atoms with E-state index in [1.807, 2.05) is 62.4 Å². The van der Waals surface area contributed by atoms with Crippen molar-refractivity contribution in [1.82, 2.24) is 15.6 Å². The van der Waals surface area contributed by atoms with Crippen molar-refractivity contribution in [2.24, 2.45) is 0 Å². The van der Waals surface area contributed by atoms with Crippen LogP contribution in [0.1, 0.15) is 30.5 Å². The van der Waals surface area contributed by atoms with E-state index in [0.717, 1.165) is 22.4 Å². The van der Waals surface area contributed by atoms with Crippen LogP contribution < -0.4 is 20.7 Å². The van der Waals surface area contributed by atoms with E-state index >= 15 is 0 Å². The van der Waals surface area contributed by atoms with Crippen LogP contribution in [-0.2, 0) is 17.9 Å². The number of anilines is 1. The molecule has 0 aliphatic rings. The molecular weight excluding hydrogens is 416 g/mol. The molecule has 0 radical (unpaired) electrons. The molecule has 0 saturated carbocycles. The standard InChI is InChI=1S/C26H28N4O3/c1-19(2)29-26(32)30-23-10-5-21(6-11-23)17-28-25(31)14-9-20-7-12-24(13-8-20)33-18-22-4-3-15-27-16-22/h3-16,19H,17-18H2,1-2H3,(H,28,31)(H2,29,30,32)/b14-9+. The third-order valence-electron chi connectivity index (χ3n) is 4.53. The topological polar surface area (TPSA) is 92.4 Å². The molecule has 170 valence electrons. The van der Waals surface area contributed by atoms with Crippen molar-refractivity contribution in [1.29, 1.82) is 0 Å². The maximum absolute atomic E-state index is 12.1. The van der Waals surface area contributed by atoms with Crippen LogP contribution in [0.4, 0.5) is 10.5 Å². The van der Waals surface area contributed by atoms with Crippen LogP contribution in [-0.4, -0.2) is 23.0 Å². The van der Waals surface area contributed by atoms with E-state index in [1.54, 1.807) is 30.6 Å². The van der Waals surface area contributed by atoms with E-state index < -0.39 is 0 Å². The molecular formula is C26H28N4O3. The number of rotatable bonds is 9. The zero-order valence-electron chi connectivity index (χ0n) is 18.7. The molecule has 7 nitrogen and oxygen atoms in total. The number of amides is 3. The Bertz CT molecular complexity index is 1060. The van der Waals surface area contributed by atoms with Crippen LogP contribution in [0, 0.1) is 0 Å². The Hall–Kier alpha value is -4.13. The molecule has 2 aromatic carbocycles. The van der Waals surface area contributed by atoms with Crippen molar-refractivity contribution >= 4 is 23.7 Å². The summed E-state index contributed by atoms with van der Waals surface area (Å²) < 4.78 is 5.74. The fourth-order valence-corrected chi connectivity index (χ4v) is 2.88. The molecule has 0 bridgehead atoms. The summed E-state index contributed by atoms with van der Waals surface area (Å²) in [6.45, 7) is 4.64. The third-order valence-corrected chi connectivity index (χ3v) is 4.53. The molecule has 0 aliphatic heterocycles. The summed E-state index contributed by atoms with van der Waals surface area (Å²) in [5.74, 6) is 0.561. The molecule has 3 aromatic rings. The third kappa shape index (κ3) is 8.49. The van der Waals surface area contributed by atoms with E-state index in [4.69, 9.17) is 4.74 Å². The van der Waals surface area contributed by atoms with Crippen molar-refractivity contribution in [3.05, 3.63) is 95.8 Å². The minimum Gasteiger partial charge on any atom is -0.489 e. The highest BCUT2D eigenvalue weighted by Crippen LogP contribution is 2.15. The Morgan fingerprint density at radius 2 is 1.76 bits per heavy atom. The molecule has 3 rings (SSSR count).